The van der Waals surface area contributed by atoms with Crippen LogP contribution in [-0.4, -0.2) is 11.7 Å². The van der Waals surface area contributed by atoms with Gasteiger partial charge in [-0.05, 0) is 24.8 Å². The molecule has 0 amide bonds. The monoisotopic (exact) mass is 162 g/mol. The highest BCUT2D eigenvalue weighted by atomic mass is 16.3. The fraction of sp³-hybridized carbons (Fsp3) is 0.455. The van der Waals surface area contributed by atoms with Gasteiger partial charge in [-0.25, -0.2) is 0 Å². The lowest BCUT2D eigenvalue weighted by Gasteiger charge is -2.10. The molecule has 0 bridgehead atoms. The first-order valence-corrected chi connectivity index (χ1v) is 4.25. The zero-order valence-electron chi connectivity index (χ0n) is 7.21. The Morgan fingerprint density at radius 3 is 3.25 bits per heavy atom. The van der Waals surface area contributed by atoms with Crippen LogP contribution in [0.4, 0.5) is 0 Å². The van der Waals surface area contributed by atoms with E-state index < -0.39 is 0 Å². The second-order valence-corrected chi connectivity index (χ2v) is 3.09. The van der Waals surface area contributed by atoms with Crippen molar-refractivity contribution >= 4 is 0 Å². The van der Waals surface area contributed by atoms with Crippen LogP contribution in [0.15, 0.2) is 24.3 Å². The lowest BCUT2D eigenvalue weighted by molar-refractivity contribution is 0.322. The van der Waals surface area contributed by atoms with Crippen LogP contribution in [0.1, 0.15) is 19.3 Å². The Balaban J connectivity index is 2.40. The SMILES string of the molecule is C=C(CO)CC1C=CC#CCC1. The normalized spacial score (nSPS) is 20.9. The van der Waals surface area contributed by atoms with E-state index in [1.807, 2.05) is 6.08 Å². The molecule has 0 heterocycles. The van der Waals surface area contributed by atoms with Gasteiger partial charge < -0.3 is 5.11 Å². The first-order chi connectivity index (χ1) is 5.83. The van der Waals surface area contributed by atoms with Crippen molar-refractivity contribution in [1.82, 2.24) is 0 Å². The lowest BCUT2D eigenvalue weighted by atomic mass is 9.96. The quantitative estimate of drug-likeness (QED) is 0.496. The lowest BCUT2D eigenvalue weighted by Crippen LogP contribution is -1.99. The van der Waals surface area contributed by atoms with Crippen LogP contribution in [-0.2, 0) is 0 Å². The molecule has 0 aromatic heterocycles. The van der Waals surface area contributed by atoms with Gasteiger partial charge in [0, 0.05) is 6.42 Å². The summed E-state index contributed by atoms with van der Waals surface area (Å²) in [7, 11) is 0. The first kappa shape index (κ1) is 9.09. The van der Waals surface area contributed by atoms with Gasteiger partial charge in [-0.2, -0.15) is 0 Å². The summed E-state index contributed by atoms with van der Waals surface area (Å²) in [6, 6.07) is 0. The number of hydrogen-bond acceptors (Lipinski definition) is 1. The summed E-state index contributed by atoms with van der Waals surface area (Å²) in [6.07, 6.45) is 6.94. The van der Waals surface area contributed by atoms with Crippen molar-refractivity contribution in [3.63, 3.8) is 0 Å². The molecule has 1 rings (SSSR count). The highest BCUT2D eigenvalue weighted by Crippen LogP contribution is 2.18. The third-order valence-corrected chi connectivity index (χ3v) is 1.97. The molecule has 0 radical (unpaired) electrons. The highest BCUT2D eigenvalue weighted by molar-refractivity contribution is 5.19. The van der Waals surface area contributed by atoms with Gasteiger partial charge in [0.25, 0.3) is 0 Å². The Morgan fingerprint density at radius 1 is 1.67 bits per heavy atom. The minimum Gasteiger partial charge on any atom is -0.392 e. The van der Waals surface area contributed by atoms with Crippen molar-refractivity contribution in [3.8, 4) is 11.8 Å². The molecule has 1 unspecified atom stereocenters. The number of rotatable bonds is 3. The smallest absolute Gasteiger partial charge is 0.0639 e. The molecule has 0 fully saturated rings. The zero-order chi connectivity index (χ0) is 8.81. The van der Waals surface area contributed by atoms with E-state index in [2.05, 4.69) is 24.5 Å². The van der Waals surface area contributed by atoms with E-state index >= 15 is 0 Å². The first-order valence-electron chi connectivity index (χ1n) is 4.25. The Morgan fingerprint density at radius 2 is 2.50 bits per heavy atom. The molecule has 1 nitrogen and oxygen atoms in total. The van der Waals surface area contributed by atoms with E-state index in [0.717, 1.165) is 24.8 Å². The summed E-state index contributed by atoms with van der Waals surface area (Å²) < 4.78 is 0. The zero-order valence-corrected chi connectivity index (χ0v) is 7.21. The van der Waals surface area contributed by atoms with Crippen LogP contribution in [0, 0.1) is 17.8 Å². The molecule has 1 heteroatoms. The fourth-order valence-corrected chi connectivity index (χ4v) is 1.27. The summed E-state index contributed by atoms with van der Waals surface area (Å²) in [5, 5.41) is 8.78. The van der Waals surface area contributed by atoms with E-state index in [1.165, 1.54) is 0 Å². The van der Waals surface area contributed by atoms with Crippen LogP contribution >= 0.6 is 0 Å². The molecule has 12 heavy (non-hydrogen) atoms. The molecule has 0 aliphatic heterocycles. The summed E-state index contributed by atoms with van der Waals surface area (Å²) in [4.78, 5) is 0. The van der Waals surface area contributed by atoms with E-state index in [0.29, 0.717) is 5.92 Å². The third-order valence-electron chi connectivity index (χ3n) is 1.97. The maximum absolute atomic E-state index is 8.78. The predicted molar refractivity (Wildman–Crippen MR) is 50.5 cm³/mol. The maximum Gasteiger partial charge on any atom is 0.0639 e. The van der Waals surface area contributed by atoms with Crippen LogP contribution in [0.2, 0.25) is 0 Å². The molecule has 1 N–H and O–H groups in total. The van der Waals surface area contributed by atoms with Crippen molar-refractivity contribution < 1.29 is 5.11 Å². The van der Waals surface area contributed by atoms with Gasteiger partial charge in [0.15, 0.2) is 0 Å². The molecule has 1 aliphatic rings. The van der Waals surface area contributed by atoms with Gasteiger partial charge in [0.05, 0.1) is 6.61 Å². The van der Waals surface area contributed by atoms with E-state index in [-0.39, 0.29) is 6.61 Å². The molecular formula is C11H14O. The Hall–Kier alpha value is -1.00. The summed E-state index contributed by atoms with van der Waals surface area (Å²) in [5.74, 6) is 6.49. The Kier molecular flexibility index (Phi) is 3.63. The van der Waals surface area contributed by atoms with Crippen LogP contribution < -0.4 is 0 Å². The number of aliphatic hydroxyl groups excluding tert-OH is 1. The predicted octanol–water partition coefficient (Wildman–Crippen LogP) is 1.89. The standard InChI is InChI=1S/C11H14O/c1-10(9-12)8-11-6-4-2-3-5-7-11/h4,6,11-12H,1,5,7-9H2. The van der Waals surface area contributed by atoms with E-state index in [9.17, 15) is 0 Å². The molecule has 0 aromatic carbocycles. The van der Waals surface area contributed by atoms with E-state index in [1.54, 1.807) is 0 Å². The van der Waals surface area contributed by atoms with Crippen molar-refractivity contribution in [2.24, 2.45) is 5.92 Å². The molecule has 0 saturated heterocycles. The third kappa shape index (κ3) is 2.94. The van der Waals surface area contributed by atoms with Gasteiger partial charge in [-0.1, -0.05) is 30.1 Å². The summed E-state index contributed by atoms with van der Waals surface area (Å²) in [6.45, 7) is 3.88. The van der Waals surface area contributed by atoms with Crippen molar-refractivity contribution in [2.45, 2.75) is 19.3 Å². The molecular weight excluding hydrogens is 148 g/mol. The number of aliphatic hydroxyl groups is 1. The molecule has 1 aliphatic carbocycles. The Bertz CT molecular complexity index is 239. The average Bonchev–Trinajstić information content (AvgIpc) is 2.33. The molecule has 1 atom stereocenters. The van der Waals surface area contributed by atoms with Crippen LogP contribution in [0.25, 0.3) is 0 Å². The highest BCUT2D eigenvalue weighted by Gasteiger charge is 2.06. The van der Waals surface area contributed by atoms with Crippen LogP contribution in [0.3, 0.4) is 0 Å². The molecule has 0 saturated carbocycles. The largest absolute Gasteiger partial charge is 0.392 e. The van der Waals surface area contributed by atoms with Crippen molar-refractivity contribution in [3.05, 3.63) is 24.3 Å². The van der Waals surface area contributed by atoms with Crippen LogP contribution in [0.5, 0.6) is 0 Å². The van der Waals surface area contributed by atoms with Gasteiger partial charge in [-0.3, -0.25) is 0 Å². The molecule has 0 aromatic rings. The summed E-state index contributed by atoms with van der Waals surface area (Å²) >= 11 is 0. The second-order valence-electron chi connectivity index (χ2n) is 3.09. The van der Waals surface area contributed by atoms with Crippen molar-refractivity contribution in [2.75, 3.05) is 6.61 Å². The van der Waals surface area contributed by atoms with Gasteiger partial charge in [-0.15, -0.1) is 0 Å². The van der Waals surface area contributed by atoms with E-state index in [4.69, 9.17) is 5.11 Å². The minimum atomic E-state index is 0.102. The fourth-order valence-electron chi connectivity index (χ4n) is 1.27. The van der Waals surface area contributed by atoms with Crippen molar-refractivity contribution in [1.29, 1.82) is 0 Å². The Labute approximate surface area is 73.8 Å². The number of hydrogen-bond donors (Lipinski definition) is 1. The average molecular weight is 162 g/mol. The van der Waals surface area contributed by atoms with Gasteiger partial charge in [0.2, 0.25) is 0 Å². The topological polar surface area (TPSA) is 20.2 Å². The second kappa shape index (κ2) is 4.79. The maximum atomic E-state index is 8.78. The van der Waals surface area contributed by atoms with Gasteiger partial charge in [0.1, 0.15) is 0 Å². The summed E-state index contributed by atoms with van der Waals surface area (Å²) in [5.41, 5.74) is 0.909. The van der Waals surface area contributed by atoms with Gasteiger partial charge >= 0.3 is 0 Å². The molecule has 64 valence electrons. The molecule has 0 spiro atoms. The minimum absolute atomic E-state index is 0.102. The number of allylic oxidation sites excluding steroid dienone is 2.